The maximum Gasteiger partial charge on any atom is 0.267 e. The lowest BCUT2D eigenvalue weighted by Gasteiger charge is -2.23. The first-order valence-corrected chi connectivity index (χ1v) is 10.2. The topological polar surface area (TPSA) is 61.9 Å². The quantitative estimate of drug-likeness (QED) is 0.492. The van der Waals surface area contributed by atoms with Gasteiger partial charge < -0.3 is 4.74 Å². The highest BCUT2D eigenvalue weighted by molar-refractivity contribution is 5.79. The molecule has 2 aromatic heterocycles. The third-order valence-corrected chi connectivity index (χ3v) is 5.45. The Morgan fingerprint density at radius 2 is 1.87 bits per heavy atom. The summed E-state index contributed by atoms with van der Waals surface area (Å²) in [6.07, 6.45) is 4.86. The van der Waals surface area contributed by atoms with Crippen LogP contribution in [0.15, 0.2) is 59.5 Å². The van der Waals surface area contributed by atoms with Gasteiger partial charge in [-0.15, -0.1) is 0 Å². The van der Waals surface area contributed by atoms with E-state index >= 15 is 0 Å². The summed E-state index contributed by atoms with van der Waals surface area (Å²) in [4.78, 5) is 12.3. The summed E-state index contributed by atoms with van der Waals surface area (Å²) < 4.78 is 36.2. The van der Waals surface area contributed by atoms with E-state index in [0.29, 0.717) is 5.69 Å². The van der Waals surface area contributed by atoms with Gasteiger partial charge in [0.05, 0.1) is 24.0 Å². The molecule has 0 amide bonds. The Bertz CT molecular complexity index is 1290. The van der Waals surface area contributed by atoms with E-state index in [-0.39, 0.29) is 23.9 Å². The van der Waals surface area contributed by atoms with Crippen molar-refractivity contribution in [1.82, 2.24) is 19.6 Å². The van der Waals surface area contributed by atoms with Gasteiger partial charge in [-0.05, 0) is 55.2 Å². The lowest BCUT2D eigenvalue weighted by atomic mass is 10.1. The molecule has 1 fully saturated rings. The second-order valence-corrected chi connectivity index (χ2v) is 7.68. The number of ether oxygens (including phenoxy) is 1. The molecule has 0 saturated carbocycles. The van der Waals surface area contributed by atoms with Crippen molar-refractivity contribution in [2.24, 2.45) is 0 Å². The van der Waals surface area contributed by atoms with E-state index in [9.17, 15) is 13.6 Å². The van der Waals surface area contributed by atoms with Gasteiger partial charge in [0.25, 0.3) is 5.56 Å². The van der Waals surface area contributed by atoms with Crippen molar-refractivity contribution in [1.29, 1.82) is 0 Å². The van der Waals surface area contributed by atoms with Gasteiger partial charge in [-0.3, -0.25) is 4.79 Å². The molecule has 158 valence electrons. The van der Waals surface area contributed by atoms with Crippen molar-refractivity contribution in [3.05, 3.63) is 82.3 Å². The smallest absolute Gasteiger partial charge is 0.267 e. The molecule has 31 heavy (non-hydrogen) atoms. The molecule has 0 aliphatic carbocycles. The predicted octanol–water partition coefficient (Wildman–Crippen LogP) is 4.29. The van der Waals surface area contributed by atoms with Crippen molar-refractivity contribution < 1.29 is 13.5 Å². The van der Waals surface area contributed by atoms with Crippen LogP contribution < -0.4 is 5.56 Å². The zero-order valence-corrected chi connectivity index (χ0v) is 16.7. The van der Waals surface area contributed by atoms with E-state index in [1.54, 1.807) is 6.20 Å². The van der Waals surface area contributed by atoms with Crippen LogP contribution in [0.25, 0.3) is 22.2 Å². The minimum Gasteiger partial charge on any atom is -0.356 e. The van der Waals surface area contributed by atoms with Gasteiger partial charge >= 0.3 is 0 Å². The summed E-state index contributed by atoms with van der Waals surface area (Å²) in [5.74, 6) is -1.39. The first kappa shape index (κ1) is 19.6. The SMILES string of the molecule is O=c1ccc(-c2cc(F)cc(F)c2)nn1Cc1ccc2c(cnn2C2CCCCO2)c1. The monoisotopic (exact) mass is 422 g/mol. The number of halogens is 2. The molecular weight excluding hydrogens is 402 g/mol. The number of nitrogens with zero attached hydrogens (tertiary/aromatic N) is 4. The van der Waals surface area contributed by atoms with E-state index in [1.807, 2.05) is 22.9 Å². The highest BCUT2D eigenvalue weighted by Gasteiger charge is 2.18. The molecule has 1 saturated heterocycles. The number of benzene rings is 2. The lowest BCUT2D eigenvalue weighted by molar-refractivity contribution is -0.0366. The van der Waals surface area contributed by atoms with E-state index < -0.39 is 11.6 Å². The number of hydrogen-bond acceptors (Lipinski definition) is 4. The van der Waals surface area contributed by atoms with Gasteiger partial charge in [-0.1, -0.05) is 6.07 Å². The van der Waals surface area contributed by atoms with Crippen LogP contribution in [0.4, 0.5) is 8.78 Å². The average Bonchev–Trinajstić information content (AvgIpc) is 3.18. The summed E-state index contributed by atoms with van der Waals surface area (Å²) in [6.45, 7) is 0.968. The summed E-state index contributed by atoms with van der Waals surface area (Å²) in [5.41, 5.74) is 2.14. The molecule has 0 N–H and O–H groups in total. The van der Waals surface area contributed by atoms with Gasteiger partial charge in [-0.25, -0.2) is 18.1 Å². The second kappa shape index (κ2) is 8.03. The molecule has 0 radical (unpaired) electrons. The van der Waals surface area contributed by atoms with Crippen molar-refractivity contribution >= 4 is 10.9 Å². The van der Waals surface area contributed by atoms with E-state index in [1.165, 1.54) is 28.9 Å². The third-order valence-electron chi connectivity index (χ3n) is 5.45. The molecular formula is C23H20F2N4O2. The fraction of sp³-hybridized carbons (Fsp3) is 0.261. The Morgan fingerprint density at radius 1 is 1.03 bits per heavy atom. The van der Waals surface area contributed by atoms with Crippen LogP contribution in [-0.2, 0) is 11.3 Å². The van der Waals surface area contributed by atoms with Crippen LogP contribution in [-0.4, -0.2) is 26.2 Å². The molecule has 1 aliphatic rings. The maximum absolute atomic E-state index is 13.6. The predicted molar refractivity (Wildman–Crippen MR) is 112 cm³/mol. The number of fused-ring (bicyclic) bond motifs is 1. The summed E-state index contributed by atoms with van der Waals surface area (Å²) >= 11 is 0. The minimum atomic E-state index is -0.695. The Hall–Kier alpha value is -3.39. The molecule has 2 aromatic carbocycles. The molecule has 5 rings (SSSR count). The van der Waals surface area contributed by atoms with Gasteiger partial charge in [0.2, 0.25) is 0 Å². The Balaban J connectivity index is 1.44. The standard InChI is InChI=1S/C23H20F2N4O2/c24-18-10-16(11-19(25)12-18)20-5-7-22(30)28(27-20)14-15-4-6-21-17(9-15)13-26-29(21)23-3-1-2-8-31-23/h4-7,9-13,23H,1-3,8,14H2. The highest BCUT2D eigenvalue weighted by Crippen LogP contribution is 2.26. The van der Waals surface area contributed by atoms with Gasteiger partial charge in [0.1, 0.15) is 11.6 Å². The molecule has 6 nitrogen and oxygen atoms in total. The summed E-state index contributed by atoms with van der Waals surface area (Å²) in [6, 6.07) is 11.8. The first-order valence-electron chi connectivity index (χ1n) is 10.2. The largest absolute Gasteiger partial charge is 0.356 e. The van der Waals surface area contributed by atoms with Crippen molar-refractivity contribution in [3.8, 4) is 11.3 Å². The molecule has 1 unspecified atom stereocenters. The van der Waals surface area contributed by atoms with E-state index in [2.05, 4.69) is 10.2 Å². The number of rotatable bonds is 4. The van der Waals surface area contributed by atoms with Crippen molar-refractivity contribution in [2.45, 2.75) is 32.0 Å². The average molecular weight is 422 g/mol. The zero-order chi connectivity index (χ0) is 21.4. The Kier molecular flexibility index (Phi) is 5.07. The lowest BCUT2D eigenvalue weighted by Crippen LogP contribution is -2.22. The normalized spacial score (nSPS) is 16.6. The third kappa shape index (κ3) is 3.98. The molecule has 0 spiro atoms. The fourth-order valence-corrected chi connectivity index (χ4v) is 3.94. The van der Waals surface area contributed by atoms with Crippen molar-refractivity contribution in [3.63, 3.8) is 0 Å². The molecule has 8 heteroatoms. The highest BCUT2D eigenvalue weighted by atomic mass is 19.1. The van der Waals surface area contributed by atoms with Crippen LogP contribution in [0.2, 0.25) is 0 Å². The Labute approximate surface area is 176 Å². The number of hydrogen-bond donors (Lipinski definition) is 0. The minimum absolute atomic E-state index is 0.0512. The summed E-state index contributed by atoms with van der Waals surface area (Å²) in [7, 11) is 0. The molecule has 0 bridgehead atoms. The molecule has 1 aliphatic heterocycles. The Morgan fingerprint density at radius 3 is 2.65 bits per heavy atom. The maximum atomic E-state index is 13.6. The molecule has 1 atom stereocenters. The number of aromatic nitrogens is 4. The van der Waals surface area contributed by atoms with Crippen LogP contribution in [0.3, 0.4) is 0 Å². The van der Waals surface area contributed by atoms with Gasteiger partial charge in [0, 0.05) is 29.7 Å². The van der Waals surface area contributed by atoms with Gasteiger partial charge in [-0.2, -0.15) is 10.2 Å². The van der Waals surface area contributed by atoms with Crippen LogP contribution in [0.5, 0.6) is 0 Å². The zero-order valence-electron chi connectivity index (χ0n) is 16.7. The molecule has 3 heterocycles. The van der Waals surface area contributed by atoms with Crippen LogP contribution in [0, 0.1) is 11.6 Å². The van der Waals surface area contributed by atoms with E-state index in [4.69, 9.17) is 4.74 Å². The van der Waals surface area contributed by atoms with E-state index in [0.717, 1.165) is 48.4 Å². The molecule has 4 aromatic rings. The van der Waals surface area contributed by atoms with Crippen molar-refractivity contribution in [2.75, 3.05) is 6.61 Å². The second-order valence-electron chi connectivity index (χ2n) is 7.68. The van der Waals surface area contributed by atoms with Crippen LogP contribution >= 0.6 is 0 Å². The fourth-order valence-electron chi connectivity index (χ4n) is 3.94. The first-order chi connectivity index (χ1) is 15.1. The van der Waals surface area contributed by atoms with Gasteiger partial charge in [0.15, 0.2) is 6.23 Å². The van der Waals surface area contributed by atoms with Crippen LogP contribution in [0.1, 0.15) is 31.1 Å². The summed E-state index contributed by atoms with van der Waals surface area (Å²) in [5, 5.41) is 9.75.